The van der Waals surface area contributed by atoms with Crippen molar-refractivity contribution in [2.45, 2.75) is 65.2 Å². The summed E-state index contributed by atoms with van der Waals surface area (Å²) in [5.41, 5.74) is 0. The molecule has 4 rings (SSSR count). The van der Waals surface area contributed by atoms with Gasteiger partial charge in [0.25, 0.3) is 0 Å². The Bertz CT molecular complexity index is 1570. The fourth-order valence-corrected chi connectivity index (χ4v) is 9.68. The van der Waals surface area contributed by atoms with Gasteiger partial charge in [0.15, 0.2) is 0 Å². The van der Waals surface area contributed by atoms with Gasteiger partial charge in [-0.25, -0.2) is 16.8 Å². The molecule has 4 aromatic carbocycles. The van der Waals surface area contributed by atoms with Crippen molar-refractivity contribution in [1.29, 1.82) is 0 Å². The van der Waals surface area contributed by atoms with Crippen LogP contribution in [0.3, 0.4) is 0 Å². The van der Waals surface area contributed by atoms with Crippen molar-refractivity contribution < 1.29 is 16.8 Å². The van der Waals surface area contributed by atoms with Crippen LogP contribution in [0.5, 0.6) is 0 Å². The molecule has 40 heavy (non-hydrogen) atoms. The molecule has 8 heteroatoms. The molecule has 0 fully saturated rings. The van der Waals surface area contributed by atoms with Crippen LogP contribution in [0.2, 0.25) is 0 Å². The maximum Gasteiger partial charge on any atom is 0.243 e. The minimum Gasteiger partial charge on any atom is -0.207 e. The van der Waals surface area contributed by atoms with E-state index in [2.05, 4.69) is 0 Å². The highest BCUT2D eigenvalue weighted by molar-refractivity contribution is 7.90. The Balaban J connectivity index is 2.13. The van der Waals surface area contributed by atoms with Crippen molar-refractivity contribution in [2.24, 2.45) is 23.7 Å². The van der Waals surface area contributed by atoms with E-state index < -0.39 is 20.0 Å². The Morgan fingerprint density at radius 2 is 0.875 bits per heavy atom. The van der Waals surface area contributed by atoms with Gasteiger partial charge in [-0.1, -0.05) is 97.9 Å². The summed E-state index contributed by atoms with van der Waals surface area (Å²) in [4.78, 5) is 0.124. The maximum absolute atomic E-state index is 14.5. The van der Waals surface area contributed by atoms with Gasteiger partial charge < -0.3 is 0 Å². The first-order valence-electron chi connectivity index (χ1n) is 14.3. The van der Waals surface area contributed by atoms with E-state index >= 15 is 0 Å². The quantitative estimate of drug-likeness (QED) is 0.165. The van der Waals surface area contributed by atoms with E-state index in [1.807, 2.05) is 97.9 Å². The predicted octanol–water partition coefficient (Wildman–Crippen LogP) is 7.19. The highest BCUT2D eigenvalue weighted by Gasteiger charge is 2.34. The lowest BCUT2D eigenvalue weighted by molar-refractivity contribution is 0.332. The molecular formula is C32H44N2O4S2. The molecule has 0 amide bonds. The van der Waals surface area contributed by atoms with Crippen LogP contribution in [0, 0.1) is 23.7 Å². The molecule has 0 spiro atoms. The van der Waals surface area contributed by atoms with Crippen molar-refractivity contribution >= 4 is 52.4 Å². The van der Waals surface area contributed by atoms with E-state index in [0.29, 0.717) is 42.3 Å². The molecule has 0 aliphatic rings. The van der Waals surface area contributed by atoms with Gasteiger partial charge in [-0.05, 0) is 45.9 Å². The molecule has 0 heterocycles. The Morgan fingerprint density at radius 1 is 0.525 bits per heavy atom. The Labute approximate surface area is 240 Å². The topological polar surface area (TPSA) is 74.8 Å². The second-order valence-corrected chi connectivity index (χ2v) is 16.6. The third kappa shape index (κ3) is 5.87. The summed E-state index contributed by atoms with van der Waals surface area (Å²) in [6, 6.07) is 15.0. The highest BCUT2D eigenvalue weighted by Crippen LogP contribution is 2.42. The van der Waals surface area contributed by atoms with Crippen molar-refractivity contribution in [3.05, 3.63) is 48.5 Å². The first-order chi connectivity index (χ1) is 18.6. The Hall–Kier alpha value is -2.26. The monoisotopic (exact) mass is 584 g/mol. The third-order valence-corrected chi connectivity index (χ3v) is 10.8. The second-order valence-electron chi connectivity index (χ2n) is 12.8. The van der Waals surface area contributed by atoms with Gasteiger partial charge in [0.1, 0.15) is 0 Å². The standard InChI is InChI=1S/C32H44N2O4S2/c1-21(2)17-33(18-22(3)4)39(35,36)29-16-30(40(37,38)34(19-23(5)6)20-24(7)8)28-15-13-26-11-9-10-25-12-14-27(29)32(28)31(25)26/h9-16,21-24H,17-20H2,1-8H3. The first kappa shape index (κ1) is 30.7. The summed E-state index contributed by atoms with van der Waals surface area (Å²) in [6.45, 7) is 17.4. The third-order valence-electron chi connectivity index (χ3n) is 7.08. The number of nitrogens with zero attached hydrogens (tertiary/aromatic N) is 2. The van der Waals surface area contributed by atoms with E-state index in [9.17, 15) is 16.8 Å². The zero-order chi connectivity index (χ0) is 29.6. The molecule has 0 unspecified atom stereocenters. The van der Waals surface area contributed by atoms with E-state index in [-0.39, 0.29) is 33.5 Å². The molecular weight excluding hydrogens is 540 g/mol. The minimum absolute atomic E-state index is 0.0622. The van der Waals surface area contributed by atoms with Gasteiger partial charge in [-0.3, -0.25) is 0 Å². The molecule has 0 saturated heterocycles. The lowest BCUT2D eigenvalue weighted by Gasteiger charge is -2.29. The molecule has 0 aliphatic carbocycles. The minimum atomic E-state index is -4.02. The van der Waals surface area contributed by atoms with Crippen LogP contribution in [0.1, 0.15) is 55.4 Å². The summed E-state index contributed by atoms with van der Waals surface area (Å²) < 4.78 is 61.0. The van der Waals surface area contributed by atoms with Crippen LogP contribution in [0.4, 0.5) is 0 Å². The van der Waals surface area contributed by atoms with Gasteiger partial charge in [-0.15, -0.1) is 0 Å². The van der Waals surface area contributed by atoms with E-state index in [0.717, 1.165) is 16.2 Å². The fraction of sp³-hybridized carbons (Fsp3) is 0.500. The van der Waals surface area contributed by atoms with Gasteiger partial charge in [-0.2, -0.15) is 8.61 Å². The molecule has 218 valence electrons. The fourth-order valence-electron chi connectivity index (χ4n) is 5.64. The van der Waals surface area contributed by atoms with Crippen molar-refractivity contribution in [3.63, 3.8) is 0 Å². The zero-order valence-corrected chi connectivity index (χ0v) is 26.7. The first-order valence-corrected chi connectivity index (χ1v) is 17.2. The average molecular weight is 585 g/mol. The van der Waals surface area contributed by atoms with E-state index in [4.69, 9.17) is 0 Å². The Kier molecular flexibility index (Phi) is 8.86. The molecule has 0 aromatic heterocycles. The summed E-state index contributed by atoms with van der Waals surface area (Å²) in [7, 11) is -8.04. The van der Waals surface area contributed by atoms with E-state index in [1.165, 1.54) is 14.7 Å². The lowest BCUT2D eigenvalue weighted by Crippen LogP contribution is -2.38. The van der Waals surface area contributed by atoms with Crippen LogP contribution in [-0.4, -0.2) is 51.6 Å². The summed E-state index contributed by atoms with van der Waals surface area (Å²) in [6.07, 6.45) is 0. The SMILES string of the molecule is CC(C)CN(CC(C)C)S(=O)(=O)c1cc(S(=O)(=O)N(CC(C)C)CC(C)C)c2ccc3cccc4ccc1c2c43. The molecule has 0 saturated carbocycles. The highest BCUT2D eigenvalue weighted by atomic mass is 32.2. The van der Waals surface area contributed by atoms with Crippen LogP contribution in [-0.2, 0) is 20.0 Å². The number of sulfonamides is 2. The van der Waals surface area contributed by atoms with Gasteiger partial charge in [0, 0.05) is 42.3 Å². The molecule has 0 bridgehead atoms. The predicted molar refractivity (Wildman–Crippen MR) is 167 cm³/mol. The second kappa shape index (κ2) is 11.6. The number of benzene rings is 4. The molecule has 0 atom stereocenters. The number of rotatable bonds is 12. The van der Waals surface area contributed by atoms with Crippen LogP contribution in [0.25, 0.3) is 32.3 Å². The van der Waals surface area contributed by atoms with Crippen molar-refractivity contribution in [3.8, 4) is 0 Å². The summed E-state index contributed by atoms with van der Waals surface area (Å²) in [5, 5.41) is 4.62. The maximum atomic E-state index is 14.5. The molecule has 0 N–H and O–H groups in total. The van der Waals surface area contributed by atoms with Gasteiger partial charge in [0.05, 0.1) is 9.79 Å². The van der Waals surface area contributed by atoms with Crippen molar-refractivity contribution in [2.75, 3.05) is 26.2 Å². The zero-order valence-electron chi connectivity index (χ0n) is 25.1. The summed E-state index contributed by atoms with van der Waals surface area (Å²) in [5.74, 6) is 0.460. The molecule has 4 aromatic rings. The number of hydrogen-bond donors (Lipinski definition) is 0. The lowest BCUT2D eigenvalue weighted by atomic mass is 9.94. The number of hydrogen-bond acceptors (Lipinski definition) is 4. The normalized spacial score (nSPS) is 13.7. The van der Waals surface area contributed by atoms with Crippen molar-refractivity contribution in [1.82, 2.24) is 8.61 Å². The largest absolute Gasteiger partial charge is 0.243 e. The van der Waals surface area contributed by atoms with Crippen LogP contribution in [0.15, 0.2) is 58.3 Å². The average Bonchev–Trinajstić information content (AvgIpc) is 2.85. The van der Waals surface area contributed by atoms with Gasteiger partial charge in [0.2, 0.25) is 20.0 Å². The molecule has 0 aliphatic heterocycles. The molecule has 0 radical (unpaired) electrons. The van der Waals surface area contributed by atoms with Crippen LogP contribution >= 0.6 is 0 Å². The van der Waals surface area contributed by atoms with Gasteiger partial charge >= 0.3 is 0 Å². The smallest absolute Gasteiger partial charge is 0.207 e. The van der Waals surface area contributed by atoms with Crippen LogP contribution < -0.4 is 0 Å². The molecule has 6 nitrogen and oxygen atoms in total. The van der Waals surface area contributed by atoms with E-state index in [1.54, 1.807) is 0 Å². The summed E-state index contributed by atoms with van der Waals surface area (Å²) >= 11 is 0. The Morgan fingerprint density at radius 3 is 1.20 bits per heavy atom.